The highest BCUT2D eigenvalue weighted by molar-refractivity contribution is 8.00. The maximum Gasteiger partial charge on any atom is 0.316 e. The molecule has 0 fully saturated rings. The number of ether oxygens (including phenoxy) is 1. The Kier molecular flexibility index (Phi) is 6.64. The third-order valence-corrected chi connectivity index (χ3v) is 6.38. The lowest BCUT2D eigenvalue weighted by atomic mass is 10.1. The van der Waals surface area contributed by atoms with Crippen LogP contribution < -0.4 is 5.32 Å². The van der Waals surface area contributed by atoms with E-state index in [1.165, 1.54) is 23.0 Å². The van der Waals surface area contributed by atoms with Crippen molar-refractivity contribution in [3.8, 4) is 0 Å². The molecule has 0 unspecified atom stereocenters. The van der Waals surface area contributed by atoms with Gasteiger partial charge in [-0.25, -0.2) is 9.97 Å². The molecule has 0 aliphatic rings. The zero-order valence-electron chi connectivity index (χ0n) is 15.9. The largest absolute Gasteiger partial charge is 0.455 e. The number of amides is 1. The molecule has 28 heavy (non-hydrogen) atoms. The number of carbonyl (C=O) groups is 2. The van der Waals surface area contributed by atoms with Gasteiger partial charge in [-0.2, -0.15) is 0 Å². The number of nitrogens with zero attached hydrogens (tertiary/aromatic N) is 2. The summed E-state index contributed by atoms with van der Waals surface area (Å²) in [7, 11) is 0. The summed E-state index contributed by atoms with van der Waals surface area (Å²) in [6, 6.07) is 9.46. The molecule has 146 valence electrons. The Morgan fingerprint density at radius 2 is 1.96 bits per heavy atom. The molecule has 1 N–H and O–H groups in total. The second-order valence-corrected chi connectivity index (χ2v) is 8.46. The highest BCUT2D eigenvalue weighted by Crippen LogP contribution is 2.34. The summed E-state index contributed by atoms with van der Waals surface area (Å²) in [5.41, 5.74) is 2.12. The third kappa shape index (κ3) is 4.88. The van der Waals surface area contributed by atoms with Crippen molar-refractivity contribution in [2.24, 2.45) is 0 Å². The normalized spacial score (nSPS) is 12.0. The predicted octanol–water partition coefficient (Wildman–Crippen LogP) is 3.82. The standard InChI is InChI=1S/C20H21N3O3S2/c1-12-14(3)28-20-18(12)19(21-11-22-20)27-10-17(25)26-9-16(24)23-13(2)15-7-5-4-6-8-15/h4-8,11,13H,9-10H2,1-3H3,(H,23,24)/t13-/m0/s1. The summed E-state index contributed by atoms with van der Waals surface area (Å²) < 4.78 is 5.10. The van der Waals surface area contributed by atoms with E-state index in [4.69, 9.17) is 4.74 Å². The molecule has 1 aromatic carbocycles. The first-order chi connectivity index (χ1) is 13.5. The fourth-order valence-electron chi connectivity index (χ4n) is 2.68. The molecule has 0 spiro atoms. The van der Waals surface area contributed by atoms with Gasteiger partial charge < -0.3 is 10.1 Å². The molecule has 8 heteroatoms. The molecule has 3 aromatic rings. The van der Waals surface area contributed by atoms with Crippen molar-refractivity contribution in [1.82, 2.24) is 15.3 Å². The molecule has 0 aliphatic carbocycles. The van der Waals surface area contributed by atoms with E-state index in [9.17, 15) is 9.59 Å². The van der Waals surface area contributed by atoms with Gasteiger partial charge in [0.25, 0.3) is 5.91 Å². The van der Waals surface area contributed by atoms with Crippen LogP contribution in [0.2, 0.25) is 0 Å². The average Bonchev–Trinajstić information content (AvgIpc) is 2.99. The molecule has 0 aliphatic heterocycles. The average molecular weight is 416 g/mol. The first-order valence-electron chi connectivity index (χ1n) is 8.79. The molecule has 0 radical (unpaired) electrons. The fraction of sp³-hybridized carbons (Fsp3) is 0.300. The molecule has 0 bridgehead atoms. The van der Waals surface area contributed by atoms with Gasteiger partial charge in [-0.15, -0.1) is 11.3 Å². The SMILES string of the molecule is Cc1sc2ncnc(SCC(=O)OCC(=O)N[C@@H](C)c3ccccc3)c2c1C. The summed E-state index contributed by atoms with van der Waals surface area (Å²) in [6.45, 7) is 5.65. The van der Waals surface area contributed by atoms with E-state index in [0.29, 0.717) is 0 Å². The molecule has 1 atom stereocenters. The number of thioether (sulfide) groups is 1. The molecule has 6 nitrogen and oxygen atoms in total. The van der Waals surface area contributed by atoms with Crippen molar-refractivity contribution in [2.75, 3.05) is 12.4 Å². The summed E-state index contributed by atoms with van der Waals surface area (Å²) in [4.78, 5) is 34.7. The van der Waals surface area contributed by atoms with E-state index in [2.05, 4.69) is 15.3 Å². The van der Waals surface area contributed by atoms with E-state index in [0.717, 1.165) is 26.4 Å². The van der Waals surface area contributed by atoms with Gasteiger partial charge in [0.2, 0.25) is 0 Å². The molecular weight excluding hydrogens is 394 g/mol. The maximum absolute atomic E-state index is 12.0. The minimum absolute atomic E-state index is 0.0853. The fourth-order valence-corrected chi connectivity index (χ4v) is 4.60. The van der Waals surface area contributed by atoms with Crippen molar-refractivity contribution in [2.45, 2.75) is 31.8 Å². The smallest absolute Gasteiger partial charge is 0.316 e. The summed E-state index contributed by atoms with van der Waals surface area (Å²) in [5.74, 6) is -0.700. The predicted molar refractivity (Wildman–Crippen MR) is 112 cm³/mol. The molecule has 2 aromatic heterocycles. The second kappa shape index (κ2) is 9.16. The van der Waals surface area contributed by atoms with Crippen LogP contribution in [-0.4, -0.2) is 34.2 Å². The zero-order valence-corrected chi connectivity index (χ0v) is 17.5. The number of aromatic nitrogens is 2. The Balaban J connectivity index is 1.49. The highest BCUT2D eigenvalue weighted by Gasteiger charge is 2.15. The summed E-state index contributed by atoms with van der Waals surface area (Å²) in [6.07, 6.45) is 1.50. The number of thiophene rings is 1. The van der Waals surface area contributed by atoms with E-state index in [-0.39, 0.29) is 24.3 Å². The van der Waals surface area contributed by atoms with Gasteiger partial charge in [0.05, 0.1) is 11.8 Å². The van der Waals surface area contributed by atoms with Crippen LogP contribution in [0.15, 0.2) is 41.7 Å². The van der Waals surface area contributed by atoms with Gasteiger partial charge in [-0.05, 0) is 31.9 Å². The number of hydrogen-bond donors (Lipinski definition) is 1. The van der Waals surface area contributed by atoms with E-state index >= 15 is 0 Å². The van der Waals surface area contributed by atoms with Crippen LogP contribution in [0.4, 0.5) is 0 Å². The lowest BCUT2D eigenvalue weighted by Crippen LogP contribution is -2.31. The van der Waals surface area contributed by atoms with Crippen LogP contribution in [0.5, 0.6) is 0 Å². The van der Waals surface area contributed by atoms with Gasteiger partial charge in [-0.1, -0.05) is 42.1 Å². The van der Waals surface area contributed by atoms with Crippen LogP contribution in [0.1, 0.15) is 29.0 Å². The Morgan fingerprint density at radius 3 is 2.71 bits per heavy atom. The summed E-state index contributed by atoms with van der Waals surface area (Å²) >= 11 is 2.91. The van der Waals surface area contributed by atoms with Gasteiger partial charge in [0, 0.05) is 10.3 Å². The van der Waals surface area contributed by atoms with E-state index < -0.39 is 5.97 Å². The molecule has 1 amide bonds. The Hall–Kier alpha value is -2.45. The van der Waals surface area contributed by atoms with E-state index in [1.807, 2.05) is 51.1 Å². The number of fused-ring (bicyclic) bond motifs is 1. The van der Waals surface area contributed by atoms with Gasteiger partial charge >= 0.3 is 5.97 Å². The zero-order chi connectivity index (χ0) is 20.1. The van der Waals surface area contributed by atoms with Gasteiger partial charge in [0.1, 0.15) is 16.2 Å². The molecular formula is C20H21N3O3S2. The molecule has 3 rings (SSSR count). The van der Waals surface area contributed by atoms with E-state index in [1.54, 1.807) is 11.3 Å². The van der Waals surface area contributed by atoms with Crippen molar-refractivity contribution < 1.29 is 14.3 Å². The van der Waals surface area contributed by atoms with Crippen molar-refractivity contribution in [3.63, 3.8) is 0 Å². The molecule has 0 saturated heterocycles. The topological polar surface area (TPSA) is 81.2 Å². The van der Waals surface area contributed by atoms with Crippen molar-refractivity contribution in [1.29, 1.82) is 0 Å². The number of aryl methyl sites for hydroxylation is 2. The maximum atomic E-state index is 12.0. The number of nitrogens with one attached hydrogen (secondary N) is 1. The highest BCUT2D eigenvalue weighted by atomic mass is 32.2. The third-order valence-electron chi connectivity index (χ3n) is 4.30. The lowest BCUT2D eigenvalue weighted by Gasteiger charge is -2.14. The first kappa shape index (κ1) is 20.3. The minimum Gasteiger partial charge on any atom is -0.455 e. The van der Waals surface area contributed by atoms with Gasteiger partial charge in [0.15, 0.2) is 6.61 Å². The number of rotatable bonds is 7. The van der Waals surface area contributed by atoms with Gasteiger partial charge in [-0.3, -0.25) is 9.59 Å². The van der Waals surface area contributed by atoms with Crippen LogP contribution >= 0.6 is 23.1 Å². The Labute approximate surface area is 171 Å². The molecule has 0 saturated carbocycles. The van der Waals surface area contributed by atoms with Crippen molar-refractivity contribution >= 4 is 45.2 Å². The van der Waals surface area contributed by atoms with Crippen LogP contribution in [0.25, 0.3) is 10.2 Å². The monoisotopic (exact) mass is 415 g/mol. The number of benzene rings is 1. The quantitative estimate of drug-likeness (QED) is 0.359. The van der Waals surface area contributed by atoms with Crippen molar-refractivity contribution in [3.05, 3.63) is 52.7 Å². The first-order valence-corrected chi connectivity index (χ1v) is 10.6. The molecule has 2 heterocycles. The summed E-state index contributed by atoms with van der Waals surface area (Å²) in [5, 5.41) is 4.56. The number of hydrogen-bond acceptors (Lipinski definition) is 7. The number of carbonyl (C=O) groups excluding carboxylic acids is 2. The second-order valence-electron chi connectivity index (χ2n) is 6.29. The Bertz CT molecular complexity index is 989. The van der Waals surface area contributed by atoms with Crippen LogP contribution in [0, 0.1) is 13.8 Å². The number of esters is 1. The lowest BCUT2D eigenvalue weighted by molar-refractivity contribution is -0.146. The Morgan fingerprint density at radius 1 is 1.21 bits per heavy atom. The minimum atomic E-state index is -0.455. The van der Waals surface area contributed by atoms with Crippen LogP contribution in [-0.2, 0) is 14.3 Å². The van der Waals surface area contributed by atoms with Crippen LogP contribution in [0.3, 0.4) is 0 Å².